The Morgan fingerprint density at radius 2 is 2.00 bits per heavy atom. The van der Waals surface area contributed by atoms with Crippen molar-refractivity contribution in [3.8, 4) is 5.75 Å². The molecule has 0 saturated heterocycles. The van der Waals surface area contributed by atoms with Gasteiger partial charge < -0.3 is 14.0 Å². The Hall–Kier alpha value is -2.75. The third kappa shape index (κ3) is 3.51. The van der Waals surface area contributed by atoms with Crippen LogP contribution in [-0.4, -0.2) is 45.3 Å². The highest BCUT2D eigenvalue weighted by Crippen LogP contribution is 2.43. The number of nitrogens with zero attached hydrogens (tertiary/aromatic N) is 1. The van der Waals surface area contributed by atoms with Gasteiger partial charge in [0.1, 0.15) is 10.5 Å². The normalized spacial score (nSPS) is 14.0. The third-order valence-electron chi connectivity index (χ3n) is 4.25. The van der Waals surface area contributed by atoms with Gasteiger partial charge in [-0.3, -0.25) is 4.79 Å². The van der Waals surface area contributed by atoms with Crippen molar-refractivity contribution in [2.45, 2.75) is 30.6 Å². The van der Waals surface area contributed by atoms with Crippen molar-refractivity contribution >= 4 is 21.6 Å². The van der Waals surface area contributed by atoms with Crippen LogP contribution in [0, 0.1) is 5.82 Å². The Morgan fingerprint density at radius 3 is 2.54 bits per heavy atom. The molecule has 0 radical (unpaired) electrons. The van der Waals surface area contributed by atoms with Crippen LogP contribution in [0.1, 0.15) is 57.9 Å². The molecule has 0 amide bonds. The molecule has 0 spiro atoms. The highest BCUT2D eigenvalue weighted by atomic mass is 32.2. The topological polar surface area (TPSA) is 113 Å². The molecule has 1 aromatic carbocycles. The van der Waals surface area contributed by atoms with Crippen molar-refractivity contribution in [2.75, 3.05) is 20.0 Å². The van der Waals surface area contributed by atoms with Crippen LogP contribution < -0.4 is 4.74 Å². The molecule has 28 heavy (non-hydrogen) atoms. The van der Waals surface area contributed by atoms with Gasteiger partial charge in [-0.2, -0.15) is 0 Å². The number of methoxy groups -OCH3 is 1. The van der Waals surface area contributed by atoms with E-state index in [1.807, 2.05) is 0 Å². The monoisotopic (exact) mass is 411 g/mol. The van der Waals surface area contributed by atoms with Crippen LogP contribution in [-0.2, 0) is 14.6 Å². The zero-order valence-electron chi connectivity index (χ0n) is 15.4. The first-order chi connectivity index (χ1) is 13.2. The summed E-state index contributed by atoms with van der Waals surface area (Å²) in [6.45, 7) is 1.64. The highest BCUT2D eigenvalue weighted by molar-refractivity contribution is 7.91. The summed E-state index contributed by atoms with van der Waals surface area (Å²) in [4.78, 5) is 24.9. The molecule has 8 nitrogen and oxygen atoms in total. The molecule has 0 atom stereocenters. The van der Waals surface area contributed by atoms with Crippen molar-refractivity contribution in [1.29, 1.82) is 0 Å². The van der Waals surface area contributed by atoms with Crippen molar-refractivity contribution < 1.29 is 36.4 Å². The van der Waals surface area contributed by atoms with Gasteiger partial charge in [0.25, 0.3) is 0 Å². The summed E-state index contributed by atoms with van der Waals surface area (Å²) in [6.07, 6.45) is 2.32. The molecule has 1 fully saturated rings. The minimum Gasteiger partial charge on any atom is -0.492 e. The summed E-state index contributed by atoms with van der Waals surface area (Å²) >= 11 is 0. The molecular weight excluding hydrogens is 393 g/mol. The lowest BCUT2D eigenvalue weighted by Gasteiger charge is -2.13. The van der Waals surface area contributed by atoms with E-state index in [-0.39, 0.29) is 35.1 Å². The lowest BCUT2D eigenvalue weighted by atomic mass is 9.99. The van der Waals surface area contributed by atoms with E-state index in [2.05, 4.69) is 5.16 Å². The van der Waals surface area contributed by atoms with Crippen LogP contribution in [0.4, 0.5) is 4.39 Å². The number of carbonyl (C=O) groups is 2. The summed E-state index contributed by atoms with van der Waals surface area (Å²) in [6, 6.07) is 1.96. The van der Waals surface area contributed by atoms with Gasteiger partial charge in [-0.05, 0) is 31.9 Å². The minimum atomic E-state index is -4.05. The molecule has 1 heterocycles. The van der Waals surface area contributed by atoms with Gasteiger partial charge in [0.15, 0.2) is 27.2 Å². The fourth-order valence-electron chi connectivity index (χ4n) is 2.90. The van der Waals surface area contributed by atoms with Gasteiger partial charge >= 0.3 is 5.97 Å². The molecule has 3 rings (SSSR count). The second-order valence-electron chi connectivity index (χ2n) is 6.32. The van der Waals surface area contributed by atoms with E-state index in [1.54, 1.807) is 6.92 Å². The first kappa shape index (κ1) is 20.0. The number of rotatable bonds is 7. The first-order valence-corrected chi connectivity index (χ1v) is 10.4. The number of halogens is 1. The maximum Gasteiger partial charge on any atom is 0.361 e. The summed E-state index contributed by atoms with van der Waals surface area (Å²) in [5.41, 5.74) is -0.840. The van der Waals surface area contributed by atoms with Crippen molar-refractivity contribution in [2.24, 2.45) is 0 Å². The maximum atomic E-state index is 14.1. The minimum absolute atomic E-state index is 0.0526. The molecule has 0 bridgehead atoms. The van der Waals surface area contributed by atoms with Gasteiger partial charge in [-0.1, -0.05) is 5.16 Å². The number of ether oxygens (including phenoxy) is 2. The smallest absolute Gasteiger partial charge is 0.361 e. The van der Waals surface area contributed by atoms with Gasteiger partial charge in [0.2, 0.25) is 11.5 Å². The molecular formula is C18H18FNO7S. The number of aromatic nitrogens is 1. The Balaban J connectivity index is 2.24. The summed E-state index contributed by atoms with van der Waals surface area (Å²) in [5.74, 6) is -3.11. The number of esters is 1. The molecule has 1 aliphatic carbocycles. The molecule has 1 aliphatic rings. The molecule has 2 aromatic rings. The SMILES string of the molecule is CCOC(=O)c1noc(C2CC2)c1C(=O)c1ccc(F)c(OC)c1S(C)(=O)=O. The number of hydrogen-bond acceptors (Lipinski definition) is 8. The largest absolute Gasteiger partial charge is 0.492 e. The van der Waals surface area contributed by atoms with Gasteiger partial charge in [-0.25, -0.2) is 17.6 Å². The van der Waals surface area contributed by atoms with Crippen molar-refractivity contribution in [3.05, 3.63) is 40.5 Å². The third-order valence-corrected chi connectivity index (χ3v) is 5.39. The molecule has 150 valence electrons. The average molecular weight is 411 g/mol. The number of carbonyl (C=O) groups excluding carboxylic acids is 2. The second-order valence-corrected chi connectivity index (χ2v) is 8.28. The molecule has 10 heteroatoms. The quantitative estimate of drug-likeness (QED) is 0.504. The fourth-order valence-corrected chi connectivity index (χ4v) is 3.97. The molecule has 1 saturated carbocycles. The Bertz CT molecular complexity index is 1050. The van der Waals surface area contributed by atoms with Gasteiger partial charge in [-0.15, -0.1) is 0 Å². The van der Waals surface area contributed by atoms with E-state index in [4.69, 9.17) is 14.0 Å². The lowest BCUT2D eigenvalue weighted by Crippen LogP contribution is -2.16. The van der Waals surface area contributed by atoms with Crippen LogP contribution in [0.25, 0.3) is 0 Å². The number of hydrogen-bond donors (Lipinski definition) is 0. The van der Waals surface area contributed by atoms with E-state index in [0.29, 0.717) is 0 Å². The van der Waals surface area contributed by atoms with E-state index in [0.717, 1.165) is 38.3 Å². The van der Waals surface area contributed by atoms with Crippen LogP contribution >= 0.6 is 0 Å². The predicted octanol–water partition coefficient (Wildman–Crippen LogP) is 2.51. The zero-order chi connectivity index (χ0) is 20.6. The molecule has 0 N–H and O–H groups in total. The highest BCUT2D eigenvalue weighted by Gasteiger charge is 2.39. The van der Waals surface area contributed by atoms with Crippen molar-refractivity contribution in [1.82, 2.24) is 5.16 Å². The lowest BCUT2D eigenvalue weighted by molar-refractivity contribution is 0.0512. The van der Waals surface area contributed by atoms with Crippen molar-refractivity contribution in [3.63, 3.8) is 0 Å². The second kappa shape index (κ2) is 7.34. The Kier molecular flexibility index (Phi) is 5.24. The van der Waals surface area contributed by atoms with E-state index in [9.17, 15) is 22.4 Å². The van der Waals surface area contributed by atoms with Crippen LogP contribution in [0.5, 0.6) is 5.75 Å². The van der Waals surface area contributed by atoms with Gasteiger partial charge in [0, 0.05) is 17.7 Å². The summed E-state index contributed by atoms with van der Waals surface area (Å²) < 4.78 is 53.7. The van der Waals surface area contributed by atoms with E-state index in [1.165, 1.54) is 0 Å². The fraction of sp³-hybridized carbons (Fsp3) is 0.389. The van der Waals surface area contributed by atoms with E-state index < -0.39 is 38.1 Å². The molecule has 0 unspecified atom stereocenters. The Morgan fingerprint density at radius 1 is 1.32 bits per heavy atom. The zero-order valence-corrected chi connectivity index (χ0v) is 16.3. The predicted molar refractivity (Wildman–Crippen MR) is 93.9 cm³/mol. The first-order valence-electron chi connectivity index (χ1n) is 8.48. The van der Waals surface area contributed by atoms with Crippen LogP contribution in [0.3, 0.4) is 0 Å². The Labute approximate surface area is 160 Å². The van der Waals surface area contributed by atoms with Crippen LogP contribution in [0.2, 0.25) is 0 Å². The number of benzene rings is 1. The molecule has 0 aliphatic heterocycles. The molecule has 1 aromatic heterocycles. The number of ketones is 1. The average Bonchev–Trinajstić information content (AvgIpc) is 3.38. The summed E-state index contributed by atoms with van der Waals surface area (Å²) in [5, 5.41) is 3.67. The standard InChI is InChI=1S/C18H18FNO7S/c1-4-26-18(22)13-12(15(27-20-13)9-5-6-9)14(21)10-7-8-11(19)16(25-2)17(10)28(3,23)24/h7-9H,4-6H2,1-3H3. The van der Waals surface area contributed by atoms with E-state index >= 15 is 0 Å². The number of sulfone groups is 1. The van der Waals surface area contributed by atoms with Gasteiger partial charge in [0.05, 0.1) is 13.7 Å². The maximum absolute atomic E-state index is 14.1. The van der Waals surface area contributed by atoms with Crippen LogP contribution in [0.15, 0.2) is 21.6 Å². The summed E-state index contributed by atoms with van der Waals surface area (Å²) in [7, 11) is -2.95.